The minimum Gasteiger partial charge on any atom is -0.496 e. The highest BCUT2D eigenvalue weighted by Crippen LogP contribution is 2.29. The van der Waals surface area contributed by atoms with Crippen molar-refractivity contribution in [1.29, 1.82) is 0 Å². The number of ether oxygens (including phenoxy) is 2. The first-order valence-electron chi connectivity index (χ1n) is 6.09. The van der Waals surface area contributed by atoms with Crippen LogP contribution in [-0.2, 0) is 13.6 Å². The summed E-state index contributed by atoms with van der Waals surface area (Å²) in [5, 5.41) is 7.66. The Bertz CT molecular complexity index is 542. The summed E-state index contributed by atoms with van der Waals surface area (Å²) in [6.45, 7) is 2.60. The van der Waals surface area contributed by atoms with Crippen LogP contribution in [0.3, 0.4) is 0 Å². The van der Waals surface area contributed by atoms with Gasteiger partial charge in [0, 0.05) is 19.8 Å². The average Bonchev–Trinajstić information content (AvgIpc) is 2.74. The quantitative estimate of drug-likeness (QED) is 0.897. The lowest BCUT2D eigenvalue weighted by atomic mass is 10.1. The number of nitrogens with one attached hydrogen (secondary N) is 1. The van der Waals surface area contributed by atoms with Crippen molar-refractivity contribution in [2.24, 2.45) is 7.05 Å². The molecule has 0 saturated carbocycles. The van der Waals surface area contributed by atoms with Gasteiger partial charge in [-0.1, -0.05) is 6.07 Å². The van der Waals surface area contributed by atoms with Gasteiger partial charge >= 0.3 is 0 Å². The number of methoxy groups -OCH3 is 2. The first kappa shape index (κ1) is 13.3. The summed E-state index contributed by atoms with van der Waals surface area (Å²) >= 11 is 0. The van der Waals surface area contributed by atoms with Crippen LogP contribution < -0.4 is 14.8 Å². The summed E-state index contributed by atoms with van der Waals surface area (Å²) in [5.41, 5.74) is 2.97. The van der Waals surface area contributed by atoms with Gasteiger partial charge in [-0.2, -0.15) is 5.10 Å². The minimum atomic E-state index is 0.625. The Hall–Kier alpha value is -2.17. The van der Waals surface area contributed by atoms with Gasteiger partial charge in [-0.25, -0.2) is 0 Å². The summed E-state index contributed by atoms with van der Waals surface area (Å²) in [6, 6.07) is 5.77. The Morgan fingerprint density at radius 3 is 2.32 bits per heavy atom. The maximum absolute atomic E-state index is 5.37. The molecule has 19 heavy (non-hydrogen) atoms. The predicted molar refractivity (Wildman–Crippen MR) is 74.8 cm³/mol. The first-order chi connectivity index (χ1) is 9.15. The van der Waals surface area contributed by atoms with Gasteiger partial charge in [-0.3, -0.25) is 4.68 Å². The average molecular weight is 261 g/mol. The van der Waals surface area contributed by atoms with Crippen molar-refractivity contribution in [2.75, 3.05) is 19.5 Å². The fourth-order valence-electron chi connectivity index (χ4n) is 2.06. The van der Waals surface area contributed by atoms with Crippen LogP contribution in [-0.4, -0.2) is 24.0 Å². The number of benzene rings is 1. The molecular formula is C14H19N3O2. The van der Waals surface area contributed by atoms with E-state index < -0.39 is 0 Å². The van der Waals surface area contributed by atoms with Crippen LogP contribution in [0.15, 0.2) is 24.4 Å². The highest BCUT2D eigenvalue weighted by molar-refractivity contribution is 5.50. The number of hydrogen-bond acceptors (Lipinski definition) is 4. The molecule has 2 rings (SSSR count). The second kappa shape index (κ2) is 5.65. The molecule has 0 radical (unpaired) electrons. The molecule has 2 aromatic rings. The monoisotopic (exact) mass is 261 g/mol. The summed E-state index contributed by atoms with van der Waals surface area (Å²) < 4.78 is 12.5. The van der Waals surface area contributed by atoms with Crippen molar-refractivity contribution >= 4 is 5.69 Å². The topological polar surface area (TPSA) is 48.3 Å². The molecule has 0 spiro atoms. The zero-order valence-corrected chi connectivity index (χ0v) is 11.7. The normalized spacial score (nSPS) is 10.3. The molecule has 0 saturated heterocycles. The third-order valence-corrected chi connectivity index (χ3v) is 3.00. The molecule has 0 aliphatic rings. The first-order valence-corrected chi connectivity index (χ1v) is 6.09. The van der Waals surface area contributed by atoms with Gasteiger partial charge in [0.15, 0.2) is 0 Å². The SMILES string of the molecule is COc1cccc(OC)c1CNc1cn(C)nc1C. The van der Waals surface area contributed by atoms with Gasteiger partial charge in [-0.15, -0.1) is 0 Å². The fraction of sp³-hybridized carbons (Fsp3) is 0.357. The van der Waals surface area contributed by atoms with E-state index in [1.807, 2.05) is 38.4 Å². The van der Waals surface area contributed by atoms with Gasteiger partial charge < -0.3 is 14.8 Å². The largest absolute Gasteiger partial charge is 0.496 e. The summed E-state index contributed by atoms with van der Waals surface area (Å²) in [5.74, 6) is 1.63. The van der Waals surface area contributed by atoms with E-state index in [0.29, 0.717) is 6.54 Å². The minimum absolute atomic E-state index is 0.625. The molecule has 1 aromatic heterocycles. The van der Waals surface area contributed by atoms with Crippen molar-refractivity contribution in [3.05, 3.63) is 35.7 Å². The lowest BCUT2D eigenvalue weighted by Gasteiger charge is -2.13. The second-order valence-electron chi connectivity index (χ2n) is 4.30. The maximum Gasteiger partial charge on any atom is 0.127 e. The predicted octanol–water partition coefficient (Wildman–Crippen LogP) is 2.36. The van der Waals surface area contributed by atoms with Crippen LogP contribution in [0.25, 0.3) is 0 Å². The molecule has 1 aromatic carbocycles. The van der Waals surface area contributed by atoms with Gasteiger partial charge in [0.1, 0.15) is 11.5 Å². The Morgan fingerprint density at radius 2 is 1.84 bits per heavy atom. The molecule has 0 fully saturated rings. The van der Waals surface area contributed by atoms with Crippen molar-refractivity contribution in [2.45, 2.75) is 13.5 Å². The molecule has 102 valence electrons. The highest BCUT2D eigenvalue weighted by Gasteiger charge is 2.10. The Kier molecular flexibility index (Phi) is 3.94. The number of rotatable bonds is 5. The zero-order valence-electron chi connectivity index (χ0n) is 11.7. The molecule has 0 bridgehead atoms. The Balaban J connectivity index is 2.21. The van der Waals surface area contributed by atoms with Crippen molar-refractivity contribution in [3.63, 3.8) is 0 Å². The molecule has 1 heterocycles. The molecule has 0 amide bonds. The number of hydrogen-bond donors (Lipinski definition) is 1. The van der Waals surface area contributed by atoms with Gasteiger partial charge in [0.05, 0.1) is 31.2 Å². The molecule has 0 aliphatic heterocycles. The van der Waals surface area contributed by atoms with E-state index in [1.165, 1.54) is 0 Å². The van der Waals surface area contributed by atoms with Crippen LogP contribution in [0.5, 0.6) is 11.5 Å². The second-order valence-corrected chi connectivity index (χ2v) is 4.30. The van der Waals surface area contributed by atoms with Crippen LogP contribution >= 0.6 is 0 Å². The lowest BCUT2D eigenvalue weighted by molar-refractivity contribution is 0.386. The summed E-state index contributed by atoms with van der Waals surface area (Å²) in [7, 11) is 5.23. The third kappa shape index (κ3) is 2.81. The van der Waals surface area contributed by atoms with E-state index in [2.05, 4.69) is 10.4 Å². The van der Waals surface area contributed by atoms with Crippen molar-refractivity contribution < 1.29 is 9.47 Å². The van der Waals surface area contributed by atoms with Crippen LogP contribution in [0.1, 0.15) is 11.3 Å². The lowest BCUT2D eigenvalue weighted by Crippen LogP contribution is -2.04. The van der Waals surface area contributed by atoms with Crippen LogP contribution in [0.4, 0.5) is 5.69 Å². The molecule has 1 N–H and O–H groups in total. The molecule has 0 aliphatic carbocycles. The zero-order chi connectivity index (χ0) is 13.8. The molecule has 0 unspecified atom stereocenters. The van der Waals surface area contributed by atoms with E-state index in [1.54, 1.807) is 18.9 Å². The van der Waals surface area contributed by atoms with E-state index in [9.17, 15) is 0 Å². The smallest absolute Gasteiger partial charge is 0.127 e. The maximum atomic E-state index is 5.37. The Morgan fingerprint density at radius 1 is 1.21 bits per heavy atom. The van der Waals surface area contributed by atoms with Crippen molar-refractivity contribution in [1.82, 2.24) is 9.78 Å². The summed E-state index contributed by atoms with van der Waals surface area (Å²) in [6.07, 6.45) is 1.96. The fourth-order valence-corrected chi connectivity index (χ4v) is 2.06. The highest BCUT2D eigenvalue weighted by atomic mass is 16.5. The van der Waals surface area contributed by atoms with E-state index in [0.717, 1.165) is 28.4 Å². The van der Waals surface area contributed by atoms with Gasteiger partial charge in [0.25, 0.3) is 0 Å². The van der Waals surface area contributed by atoms with Crippen molar-refractivity contribution in [3.8, 4) is 11.5 Å². The van der Waals surface area contributed by atoms with E-state index in [-0.39, 0.29) is 0 Å². The molecule has 5 heteroatoms. The standard InChI is InChI=1S/C14H19N3O2/c1-10-12(9-17(2)16-10)15-8-11-13(18-3)6-5-7-14(11)19-4/h5-7,9,15H,8H2,1-4H3. The Labute approximate surface area is 113 Å². The molecular weight excluding hydrogens is 242 g/mol. The number of nitrogens with zero attached hydrogens (tertiary/aromatic N) is 2. The van der Waals surface area contributed by atoms with E-state index >= 15 is 0 Å². The number of anilines is 1. The number of aryl methyl sites for hydroxylation is 2. The van der Waals surface area contributed by atoms with E-state index in [4.69, 9.17) is 9.47 Å². The molecule has 5 nitrogen and oxygen atoms in total. The third-order valence-electron chi connectivity index (χ3n) is 3.00. The van der Waals surface area contributed by atoms with Crippen LogP contribution in [0.2, 0.25) is 0 Å². The van der Waals surface area contributed by atoms with Gasteiger partial charge in [-0.05, 0) is 19.1 Å². The van der Waals surface area contributed by atoms with Gasteiger partial charge in [0.2, 0.25) is 0 Å². The summed E-state index contributed by atoms with van der Waals surface area (Å²) in [4.78, 5) is 0. The molecule has 0 atom stereocenters. The van der Waals surface area contributed by atoms with Crippen LogP contribution in [0, 0.1) is 6.92 Å². The number of aromatic nitrogens is 2.